The van der Waals surface area contributed by atoms with Crippen LogP contribution in [0, 0.1) is 0 Å². The van der Waals surface area contributed by atoms with E-state index in [1.54, 1.807) is 46.7 Å². The molecule has 3 heterocycles. The van der Waals surface area contributed by atoms with Crippen molar-refractivity contribution < 1.29 is 19.5 Å². The summed E-state index contributed by atoms with van der Waals surface area (Å²) in [5.41, 5.74) is 1.85. The molecule has 1 saturated heterocycles. The van der Waals surface area contributed by atoms with E-state index in [4.69, 9.17) is 5.11 Å². The van der Waals surface area contributed by atoms with Crippen LogP contribution in [0.1, 0.15) is 24.4 Å². The molecule has 1 aliphatic rings. The van der Waals surface area contributed by atoms with Crippen molar-refractivity contribution in [1.29, 1.82) is 0 Å². The Labute approximate surface area is 206 Å². The number of nitrogens with one attached hydrogen (secondary N) is 2. The summed E-state index contributed by atoms with van der Waals surface area (Å²) < 4.78 is 1.92. The molecule has 1 unspecified atom stereocenters. The lowest BCUT2D eigenvalue weighted by Gasteiger charge is -2.23. The Kier molecular flexibility index (Phi) is 7.74. The second-order valence-corrected chi connectivity index (χ2v) is 8.87. The van der Waals surface area contributed by atoms with Gasteiger partial charge in [0, 0.05) is 19.3 Å². The van der Waals surface area contributed by atoms with E-state index in [2.05, 4.69) is 27.8 Å². The maximum absolute atomic E-state index is 12.3. The minimum absolute atomic E-state index is 0.166. The third-order valence-corrected chi connectivity index (χ3v) is 6.53. The van der Waals surface area contributed by atoms with Crippen molar-refractivity contribution in [2.75, 3.05) is 18.4 Å². The van der Waals surface area contributed by atoms with Crippen LogP contribution in [0.25, 0.3) is 15.4 Å². The Balaban J connectivity index is 0.000000165. The van der Waals surface area contributed by atoms with Crippen LogP contribution in [0.2, 0.25) is 0 Å². The molecule has 1 aliphatic heterocycles. The predicted octanol–water partition coefficient (Wildman–Crippen LogP) is 4.25. The second-order valence-electron chi connectivity index (χ2n) is 7.87. The number of hydrogen-bond donors (Lipinski definition) is 3. The number of aromatic nitrogens is 2. The van der Waals surface area contributed by atoms with Gasteiger partial charge in [0.25, 0.3) is 0 Å². The molecule has 3 amide bonds. The average Bonchev–Trinajstić information content (AvgIpc) is 3.61. The highest BCUT2D eigenvalue weighted by atomic mass is 32.1. The van der Waals surface area contributed by atoms with Gasteiger partial charge in [0.15, 0.2) is 10.8 Å². The van der Waals surface area contributed by atoms with E-state index in [0.29, 0.717) is 30.9 Å². The number of benzene rings is 2. The number of amides is 3. The largest absolute Gasteiger partial charge is 0.465 e. The van der Waals surface area contributed by atoms with Crippen molar-refractivity contribution in [3.63, 3.8) is 0 Å². The quantitative estimate of drug-likeness (QED) is 0.349. The first kappa shape index (κ1) is 24.0. The summed E-state index contributed by atoms with van der Waals surface area (Å²) in [6.07, 6.45) is 5.23. The van der Waals surface area contributed by atoms with Crippen molar-refractivity contribution in [3.05, 3.63) is 78.6 Å². The van der Waals surface area contributed by atoms with E-state index in [0.717, 1.165) is 22.7 Å². The zero-order valence-electron chi connectivity index (χ0n) is 18.8. The first-order valence-electron chi connectivity index (χ1n) is 11.1. The molecule has 0 spiro atoms. The van der Waals surface area contributed by atoms with E-state index in [1.807, 2.05) is 34.9 Å². The van der Waals surface area contributed by atoms with Crippen molar-refractivity contribution in [3.8, 4) is 10.4 Å². The lowest BCUT2D eigenvalue weighted by molar-refractivity contribution is -0.132. The number of likely N-dealkylation sites (tertiary alicyclic amines) is 1. The van der Waals surface area contributed by atoms with Crippen molar-refractivity contribution in [1.82, 2.24) is 19.6 Å². The Hall–Kier alpha value is -4.18. The summed E-state index contributed by atoms with van der Waals surface area (Å²) in [7, 11) is 0. The van der Waals surface area contributed by atoms with Crippen LogP contribution in [-0.2, 0) is 9.59 Å². The molecule has 0 radical (unpaired) electrons. The zero-order valence-corrected chi connectivity index (χ0v) is 19.6. The molecule has 4 aromatic rings. The lowest BCUT2D eigenvalue weighted by Crippen LogP contribution is -2.41. The molecule has 0 bridgehead atoms. The van der Waals surface area contributed by atoms with Crippen LogP contribution >= 0.6 is 11.3 Å². The molecule has 2 aromatic heterocycles. The number of nitrogens with zero attached hydrogens (tertiary/aromatic N) is 3. The number of thiazole rings is 1. The smallest absolute Gasteiger partial charge is 0.405 e. The van der Waals surface area contributed by atoms with Crippen LogP contribution < -0.4 is 10.6 Å². The molecular formula is C25H25N5O4S. The molecule has 0 aliphatic carbocycles. The van der Waals surface area contributed by atoms with Gasteiger partial charge in [0.2, 0.25) is 12.3 Å². The highest BCUT2D eigenvalue weighted by molar-refractivity contribution is 7.20. The zero-order chi connectivity index (χ0) is 24.6. The first-order valence-corrected chi connectivity index (χ1v) is 11.9. The monoisotopic (exact) mass is 491 g/mol. The summed E-state index contributed by atoms with van der Waals surface area (Å²) in [4.78, 5) is 41.4. The van der Waals surface area contributed by atoms with Gasteiger partial charge in [-0.2, -0.15) is 0 Å². The van der Waals surface area contributed by atoms with Gasteiger partial charge in [0.1, 0.15) is 6.04 Å². The number of carbonyl (C=O) groups is 3. The summed E-state index contributed by atoms with van der Waals surface area (Å²) >= 11 is 1.59. The van der Waals surface area contributed by atoms with Gasteiger partial charge in [0.05, 0.1) is 11.1 Å². The maximum atomic E-state index is 12.3. The van der Waals surface area contributed by atoms with Gasteiger partial charge in [-0.1, -0.05) is 72.0 Å². The molecule has 0 saturated carbocycles. The van der Waals surface area contributed by atoms with Crippen molar-refractivity contribution in [2.24, 2.45) is 0 Å². The van der Waals surface area contributed by atoms with E-state index in [9.17, 15) is 14.4 Å². The van der Waals surface area contributed by atoms with Gasteiger partial charge in [-0.05, 0) is 24.0 Å². The van der Waals surface area contributed by atoms with Crippen molar-refractivity contribution >= 4 is 40.5 Å². The Morgan fingerprint density at radius 2 is 1.66 bits per heavy atom. The fourth-order valence-electron chi connectivity index (χ4n) is 3.84. The summed E-state index contributed by atoms with van der Waals surface area (Å²) in [6, 6.07) is 18.3. The normalized spacial score (nSPS) is 13.5. The number of anilines is 1. The fraction of sp³-hybridized carbons (Fsp3) is 0.200. The average molecular weight is 492 g/mol. The van der Waals surface area contributed by atoms with Gasteiger partial charge < -0.3 is 20.6 Å². The fourth-order valence-corrected chi connectivity index (χ4v) is 4.81. The lowest BCUT2D eigenvalue weighted by atomic mass is 10.1. The highest BCUT2D eigenvalue weighted by Crippen LogP contribution is 2.28. The van der Waals surface area contributed by atoms with E-state index in [1.165, 1.54) is 5.56 Å². The van der Waals surface area contributed by atoms with Gasteiger partial charge in [-0.25, -0.2) is 9.78 Å². The molecule has 35 heavy (non-hydrogen) atoms. The number of hydrogen-bond acceptors (Lipinski definition) is 5. The first-order chi connectivity index (χ1) is 17.0. The van der Waals surface area contributed by atoms with Crippen LogP contribution in [0.5, 0.6) is 0 Å². The van der Waals surface area contributed by atoms with Gasteiger partial charge in [-0.3, -0.25) is 14.0 Å². The number of imidazole rings is 1. The topological polar surface area (TPSA) is 116 Å². The molecule has 180 valence electrons. The third-order valence-electron chi connectivity index (χ3n) is 5.49. The SMILES string of the molecule is O=C(O)NC(C(=O)N1CCCC1)c1ccccc1.O=CNc1cn2cc(-c3ccccc3)sc2n1. The summed E-state index contributed by atoms with van der Waals surface area (Å²) in [6.45, 7) is 1.42. The molecular weight excluding hydrogens is 466 g/mol. The van der Waals surface area contributed by atoms with Crippen LogP contribution in [0.15, 0.2) is 73.1 Å². The molecule has 9 nitrogen and oxygen atoms in total. The summed E-state index contributed by atoms with van der Waals surface area (Å²) in [5, 5.41) is 13.7. The minimum Gasteiger partial charge on any atom is -0.465 e. The Morgan fingerprint density at radius 3 is 2.26 bits per heavy atom. The standard InChI is InChI=1S/C13H16N2O3.C12H9N3OS/c16-12(15-8-4-5-9-15)11(14-13(17)18)10-6-2-1-3-7-10;16-8-13-11-7-15-6-10(17-12(15)14-11)9-4-2-1-3-5-9/h1-3,6-7,11,14H,4-5,8-9H2,(H,17,18);1-8H,(H,13,16). The Morgan fingerprint density at radius 1 is 1.00 bits per heavy atom. The molecule has 10 heteroatoms. The third kappa shape index (κ3) is 6.04. The molecule has 1 fully saturated rings. The molecule has 5 rings (SSSR count). The highest BCUT2D eigenvalue weighted by Gasteiger charge is 2.28. The maximum Gasteiger partial charge on any atom is 0.405 e. The Bertz CT molecular complexity index is 1250. The molecule has 1 atom stereocenters. The summed E-state index contributed by atoms with van der Waals surface area (Å²) in [5.74, 6) is 0.409. The van der Waals surface area contributed by atoms with Crippen LogP contribution in [-0.4, -0.2) is 50.9 Å². The van der Waals surface area contributed by atoms with Crippen LogP contribution in [0.4, 0.5) is 10.6 Å². The molecule has 2 aromatic carbocycles. The van der Waals surface area contributed by atoms with E-state index < -0.39 is 12.1 Å². The second kappa shape index (κ2) is 11.3. The minimum atomic E-state index is -1.18. The van der Waals surface area contributed by atoms with E-state index in [-0.39, 0.29) is 5.91 Å². The number of carboxylic acid groups (broad SMARTS) is 1. The molecule has 3 N–H and O–H groups in total. The number of carbonyl (C=O) groups excluding carboxylic acids is 2. The number of fused-ring (bicyclic) bond motifs is 1. The van der Waals surface area contributed by atoms with E-state index >= 15 is 0 Å². The predicted molar refractivity (Wildman–Crippen MR) is 134 cm³/mol. The number of rotatable bonds is 6. The van der Waals surface area contributed by atoms with Crippen LogP contribution in [0.3, 0.4) is 0 Å². The van der Waals surface area contributed by atoms with Crippen molar-refractivity contribution in [2.45, 2.75) is 18.9 Å². The van der Waals surface area contributed by atoms with Gasteiger partial charge in [-0.15, -0.1) is 0 Å². The van der Waals surface area contributed by atoms with Gasteiger partial charge >= 0.3 is 6.09 Å².